The van der Waals surface area contributed by atoms with E-state index in [1.54, 1.807) is 24.3 Å². The molecule has 2 aromatic carbocycles. The summed E-state index contributed by atoms with van der Waals surface area (Å²) in [4.78, 5) is 24.7. The summed E-state index contributed by atoms with van der Waals surface area (Å²) in [7, 11) is 0. The van der Waals surface area contributed by atoms with E-state index in [-0.39, 0.29) is 23.1 Å². The smallest absolute Gasteiger partial charge is 0.338 e. The zero-order valence-electron chi connectivity index (χ0n) is 19.1. The lowest BCUT2D eigenvalue weighted by Gasteiger charge is -2.42. The average molecular weight is 435 g/mol. The third-order valence-electron chi connectivity index (χ3n) is 6.15. The van der Waals surface area contributed by atoms with Crippen LogP contribution in [-0.2, 0) is 20.4 Å². The van der Waals surface area contributed by atoms with Gasteiger partial charge in [-0.05, 0) is 65.1 Å². The zero-order valence-corrected chi connectivity index (χ0v) is 19.1. The van der Waals surface area contributed by atoms with Crippen molar-refractivity contribution in [2.75, 3.05) is 11.9 Å². The van der Waals surface area contributed by atoms with Gasteiger partial charge in [0.1, 0.15) is 6.61 Å². The number of nitrogens with zero attached hydrogens (tertiary/aromatic N) is 1. The Bertz CT molecular complexity index is 1070. The minimum Gasteiger partial charge on any atom is -0.458 e. The number of hydrogen-bond donors (Lipinski definition) is 2. The van der Waals surface area contributed by atoms with Crippen LogP contribution in [0.25, 0.3) is 0 Å². The highest BCUT2D eigenvalue weighted by Gasteiger charge is 2.37. The molecule has 1 aliphatic rings. The third-order valence-corrected chi connectivity index (χ3v) is 6.15. The Morgan fingerprint density at radius 2 is 1.62 bits per heavy atom. The number of esters is 1. The second kappa shape index (κ2) is 8.99. The topological polar surface area (TPSA) is 88.0 Å². The van der Waals surface area contributed by atoms with Crippen molar-refractivity contribution in [1.82, 2.24) is 0 Å². The molecule has 1 aliphatic carbocycles. The molecule has 0 spiro atoms. The van der Waals surface area contributed by atoms with E-state index < -0.39 is 11.9 Å². The number of amides is 1. The van der Waals surface area contributed by atoms with E-state index in [4.69, 9.17) is 4.74 Å². The van der Waals surface area contributed by atoms with Crippen molar-refractivity contribution >= 4 is 23.3 Å². The monoisotopic (exact) mass is 434 g/mol. The number of oxime groups is 1. The Kier molecular flexibility index (Phi) is 6.53. The number of carbonyl (C=O) groups excluding carboxylic acids is 2. The van der Waals surface area contributed by atoms with Crippen molar-refractivity contribution in [3.05, 3.63) is 77.4 Å². The molecule has 0 heterocycles. The molecule has 0 aliphatic heterocycles. The molecular weight excluding hydrogens is 404 g/mol. The van der Waals surface area contributed by atoms with Crippen LogP contribution in [0.15, 0.2) is 60.3 Å². The van der Waals surface area contributed by atoms with E-state index in [2.05, 4.69) is 44.7 Å². The summed E-state index contributed by atoms with van der Waals surface area (Å²) in [5.41, 5.74) is 3.76. The molecule has 3 rings (SSSR count). The first-order valence-corrected chi connectivity index (χ1v) is 10.7. The molecule has 2 aromatic rings. The van der Waals surface area contributed by atoms with Crippen LogP contribution in [0.5, 0.6) is 0 Å². The summed E-state index contributed by atoms with van der Waals surface area (Å²) in [5.74, 6) is -1.01. The first-order valence-electron chi connectivity index (χ1n) is 10.7. The molecule has 0 aromatic heterocycles. The minimum absolute atomic E-state index is 0.0338. The van der Waals surface area contributed by atoms with Crippen LogP contribution in [0.3, 0.4) is 0 Å². The van der Waals surface area contributed by atoms with Crippen molar-refractivity contribution < 1.29 is 19.5 Å². The molecule has 2 N–H and O–H groups in total. The van der Waals surface area contributed by atoms with E-state index in [0.717, 1.165) is 12.8 Å². The standard InChI is InChI=1S/C26H30N2O4/c1-6-15-32-24(30)17-7-10-19(11-8-17)27-23(29)22(28-31)18-9-12-20-21(16-18)26(4,5)14-13-25(20,2)3/h6-12,16,31H,1,13-15H2,2-5H3,(H,27,29). The van der Waals surface area contributed by atoms with Gasteiger partial charge in [-0.2, -0.15) is 0 Å². The highest BCUT2D eigenvalue weighted by Crippen LogP contribution is 2.45. The van der Waals surface area contributed by atoms with Crippen LogP contribution in [-0.4, -0.2) is 29.4 Å². The van der Waals surface area contributed by atoms with Crippen LogP contribution >= 0.6 is 0 Å². The van der Waals surface area contributed by atoms with Gasteiger partial charge in [-0.3, -0.25) is 4.79 Å². The quantitative estimate of drug-likeness (QED) is 0.215. The number of rotatable bonds is 6. The molecule has 6 nitrogen and oxygen atoms in total. The molecule has 1 amide bonds. The van der Waals surface area contributed by atoms with Gasteiger partial charge in [0, 0.05) is 11.3 Å². The van der Waals surface area contributed by atoms with Gasteiger partial charge >= 0.3 is 5.97 Å². The van der Waals surface area contributed by atoms with Gasteiger partial charge in [-0.25, -0.2) is 4.79 Å². The van der Waals surface area contributed by atoms with E-state index in [1.807, 2.05) is 18.2 Å². The molecule has 0 bridgehead atoms. The summed E-state index contributed by atoms with van der Waals surface area (Å²) >= 11 is 0. The van der Waals surface area contributed by atoms with Crippen LogP contribution in [0, 0.1) is 0 Å². The lowest BCUT2D eigenvalue weighted by atomic mass is 9.63. The Balaban J connectivity index is 1.81. The summed E-state index contributed by atoms with van der Waals surface area (Å²) in [5, 5.41) is 15.6. The van der Waals surface area contributed by atoms with E-state index in [1.165, 1.54) is 17.2 Å². The SMILES string of the molecule is C=CCOC(=O)c1ccc(NC(=O)C(=NO)c2ccc3c(c2)C(C)(C)CCC3(C)C)cc1. The Labute approximate surface area is 189 Å². The molecule has 0 unspecified atom stereocenters. The first-order chi connectivity index (χ1) is 15.1. The molecule has 0 saturated carbocycles. The predicted octanol–water partition coefficient (Wildman–Crippen LogP) is 5.20. The van der Waals surface area contributed by atoms with E-state index in [9.17, 15) is 14.8 Å². The number of hydrogen-bond acceptors (Lipinski definition) is 5. The van der Waals surface area contributed by atoms with Crippen molar-refractivity contribution in [2.24, 2.45) is 5.16 Å². The van der Waals surface area contributed by atoms with Crippen LogP contribution in [0.4, 0.5) is 5.69 Å². The number of benzene rings is 2. The van der Waals surface area contributed by atoms with Gasteiger partial charge in [0.2, 0.25) is 0 Å². The number of anilines is 1. The molecule has 0 saturated heterocycles. The second-order valence-corrected chi connectivity index (χ2v) is 9.40. The van der Waals surface area contributed by atoms with Crippen LogP contribution in [0.2, 0.25) is 0 Å². The van der Waals surface area contributed by atoms with Gasteiger partial charge in [0.15, 0.2) is 5.71 Å². The zero-order chi connectivity index (χ0) is 23.5. The average Bonchev–Trinajstić information content (AvgIpc) is 2.76. The number of fused-ring (bicyclic) bond motifs is 1. The summed E-state index contributed by atoms with van der Waals surface area (Å²) in [6.07, 6.45) is 3.62. The largest absolute Gasteiger partial charge is 0.458 e. The Morgan fingerprint density at radius 1 is 1.03 bits per heavy atom. The normalized spacial score (nSPS) is 16.6. The first kappa shape index (κ1) is 23.3. The molecule has 0 radical (unpaired) electrons. The van der Waals surface area contributed by atoms with Crippen molar-refractivity contribution in [3.8, 4) is 0 Å². The van der Waals surface area contributed by atoms with Gasteiger partial charge < -0.3 is 15.3 Å². The van der Waals surface area contributed by atoms with E-state index >= 15 is 0 Å². The molecular formula is C26H30N2O4. The second-order valence-electron chi connectivity index (χ2n) is 9.40. The molecule has 0 fully saturated rings. The van der Waals surface area contributed by atoms with E-state index in [0.29, 0.717) is 16.8 Å². The lowest BCUT2D eigenvalue weighted by molar-refractivity contribution is -0.110. The maximum Gasteiger partial charge on any atom is 0.338 e. The fourth-order valence-electron chi connectivity index (χ4n) is 4.07. The third kappa shape index (κ3) is 4.74. The van der Waals surface area contributed by atoms with Crippen molar-refractivity contribution in [2.45, 2.75) is 51.4 Å². The fraction of sp³-hybridized carbons (Fsp3) is 0.346. The summed E-state index contributed by atoms with van der Waals surface area (Å²) in [6, 6.07) is 12.1. The Morgan fingerprint density at radius 3 is 2.22 bits per heavy atom. The highest BCUT2D eigenvalue weighted by atomic mass is 16.5. The maximum absolute atomic E-state index is 12.9. The van der Waals surface area contributed by atoms with Crippen molar-refractivity contribution in [3.63, 3.8) is 0 Å². The number of nitrogens with one attached hydrogen (secondary N) is 1. The van der Waals surface area contributed by atoms with Crippen LogP contribution in [0.1, 0.15) is 67.6 Å². The molecule has 0 atom stereocenters. The van der Waals surface area contributed by atoms with Crippen LogP contribution < -0.4 is 5.32 Å². The fourth-order valence-corrected chi connectivity index (χ4v) is 4.07. The maximum atomic E-state index is 12.9. The summed E-state index contributed by atoms with van der Waals surface area (Å²) in [6.45, 7) is 12.5. The predicted molar refractivity (Wildman–Crippen MR) is 126 cm³/mol. The molecule has 32 heavy (non-hydrogen) atoms. The summed E-state index contributed by atoms with van der Waals surface area (Å²) < 4.78 is 4.99. The lowest BCUT2D eigenvalue weighted by Crippen LogP contribution is -2.34. The van der Waals surface area contributed by atoms with Crippen molar-refractivity contribution in [1.29, 1.82) is 0 Å². The van der Waals surface area contributed by atoms with Gasteiger partial charge in [-0.15, -0.1) is 0 Å². The van der Waals surface area contributed by atoms with Gasteiger partial charge in [0.05, 0.1) is 5.56 Å². The Hall–Kier alpha value is -3.41. The molecule has 168 valence electrons. The van der Waals surface area contributed by atoms with Gasteiger partial charge in [-0.1, -0.05) is 57.6 Å². The minimum atomic E-state index is -0.540. The molecule has 6 heteroatoms. The number of carbonyl (C=O) groups is 2. The number of ether oxygens (including phenoxy) is 1. The highest BCUT2D eigenvalue weighted by molar-refractivity contribution is 6.48. The van der Waals surface area contributed by atoms with Gasteiger partial charge in [0.25, 0.3) is 5.91 Å².